The smallest absolute Gasteiger partial charge is 0.252 e. The van der Waals surface area contributed by atoms with Crippen LogP contribution in [0.15, 0.2) is 18.2 Å². The molecule has 5 N–H and O–H groups in total. The van der Waals surface area contributed by atoms with Crippen molar-refractivity contribution in [3.63, 3.8) is 0 Å². The molecule has 0 radical (unpaired) electrons. The van der Waals surface area contributed by atoms with Crippen LogP contribution >= 0.6 is 0 Å². The Kier molecular flexibility index (Phi) is 3.30. The van der Waals surface area contributed by atoms with Crippen molar-refractivity contribution in [3.05, 3.63) is 23.8 Å². The Bertz CT molecular complexity index is 339. The standard InChI is InChI=1S/C9H13N3O2/c1-14-8-4-6(2-3-7(8)11)9(13)12-5-10/h2-4H,5,10-11H2,1H3,(H,12,13). The molecule has 0 bridgehead atoms. The zero-order chi connectivity index (χ0) is 10.6. The van der Waals surface area contributed by atoms with Crippen LogP contribution in [0.5, 0.6) is 5.75 Å². The van der Waals surface area contributed by atoms with Crippen molar-refractivity contribution in [2.45, 2.75) is 0 Å². The highest BCUT2D eigenvalue weighted by Crippen LogP contribution is 2.21. The second-order valence-corrected chi connectivity index (χ2v) is 2.67. The third-order valence-corrected chi connectivity index (χ3v) is 1.76. The highest BCUT2D eigenvalue weighted by atomic mass is 16.5. The average Bonchev–Trinajstić information content (AvgIpc) is 2.19. The molecule has 14 heavy (non-hydrogen) atoms. The third kappa shape index (κ3) is 2.14. The lowest BCUT2D eigenvalue weighted by atomic mass is 10.2. The lowest BCUT2D eigenvalue weighted by Gasteiger charge is -2.06. The molecule has 0 atom stereocenters. The van der Waals surface area contributed by atoms with Crippen LogP contribution in [0.3, 0.4) is 0 Å². The van der Waals surface area contributed by atoms with Gasteiger partial charge in [0.25, 0.3) is 5.91 Å². The number of carbonyl (C=O) groups is 1. The zero-order valence-electron chi connectivity index (χ0n) is 7.91. The number of hydrogen-bond acceptors (Lipinski definition) is 4. The number of anilines is 1. The quantitative estimate of drug-likeness (QED) is 0.465. The third-order valence-electron chi connectivity index (χ3n) is 1.76. The number of ether oxygens (including phenoxy) is 1. The summed E-state index contributed by atoms with van der Waals surface area (Å²) in [7, 11) is 1.50. The van der Waals surface area contributed by atoms with Gasteiger partial charge in [0.15, 0.2) is 0 Å². The summed E-state index contributed by atoms with van der Waals surface area (Å²) in [5, 5.41) is 2.48. The highest BCUT2D eigenvalue weighted by Gasteiger charge is 2.07. The normalized spacial score (nSPS) is 9.57. The number of rotatable bonds is 3. The molecule has 0 saturated carbocycles. The molecule has 5 nitrogen and oxygen atoms in total. The summed E-state index contributed by atoms with van der Waals surface area (Å²) in [6.45, 7) is 0.103. The lowest BCUT2D eigenvalue weighted by molar-refractivity contribution is 0.0954. The first-order valence-corrected chi connectivity index (χ1v) is 4.11. The molecule has 0 fully saturated rings. The van der Waals surface area contributed by atoms with E-state index in [9.17, 15) is 4.79 Å². The van der Waals surface area contributed by atoms with E-state index in [4.69, 9.17) is 16.2 Å². The van der Waals surface area contributed by atoms with Gasteiger partial charge in [-0.05, 0) is 18.2 Å². The minimum atomic E-state index is -0.245. The summed E-state index contributed by atoms with van der Waals surface area (Å²) in [6.07, 6.45) is 0. The van der Waals surface area contributed by atoms with E-state index in [1.165, 1.54) is 7.11 Å². The first-order valence-electron chi connectivity index (χ1n) is 4.11. The van der Waals surface area contributed by atoms with Gasteiger partial charge in [-0.1, -0.05) is 0 Å². The van der Waals surface area contributed by atoms with Crippen molar-refractivity contribution in [2.75, 3.05) is 19.5 Å². The van der Waals surface area contributed by atoms with E-state index < -0.39 is 0 Å². The number of nitrogens with one attached hydrogen (secondary N) is 1. The van der Waals surface area contributed by atoms with Crippen molar-refractivity contribution in [2.24, 2.45) is 5.73 Å². The van der Waals surface area contributed by atoms with Gasteiger partial charge < -0.3 is 21.5 Å². The SMILES string of the molecule is COc1cc(C(=O)NCN)ccc1N. The van der Waals surface area contributed by atoms with Crippen molar-refractivity contribution in [1.82, 2.24) is 5.32 Å². The van der Waals surface area contributed by atoms with Gasteiger partial charge in [0.05, 0.1) is 19.5 Å². The van der Waals surface area contributed by atoms with Crippen molar-refractivity contribution < 1.29 is 9.53 Å². The molecule has 1 amide bonds. The molecule has 0 heterocycles. The number of nitrogen functional groups attached to an aromatic ring is 1. The van der Waals surface area contributed by atoms with Gasteiger partial charge in [-0.2, -0.15) is 0 Å². The summed E-state index contributed by atoms with van der Waals surface area (Å²) in [5.74, 6) is 0.237. The molecular weight excluding hydrogens is 182 g/mol. The maximum Gasteiger partial charge on any atom is 0.252 e. The zero-order valence-corrected chi connectivity index (χ0v) is 7.91. The van der Waals surface area contributed by atoms with E-state index in [1.807, 2.05) is 0 Å². The Hall–Kier alpha value is -1.75. The van der Waals surface area contributed by atoms with Crippen molar-refractivity contribution in [3.8, 4) is 5.75 Å². The summed E-state index contributed by atoms with van der Waals surface area (Å²) in [4.78, 5) is 11.3. The van der Waals surface area contributed by atoms with Crippen LogP contribution < -0.4 is 21.5 Å². The molecule has 1 rings (SSSR count). The number of methoxy groups -OCH3 is 1. The van der Waals surface area contributed by atoms with E-state index in [2.05, 4.69) is 5.32 Å². The Balaban J connectivity index is 2.94. The molecule has 0 aromatic heterocycles. The predicted molar refractivity (Wildman–Crippen MR) is 53.9 cm³/mol. The lowest BCUT2D eigenvalue weighted by Crippen LogP contribution is -2.29. The molecule has 1 aromatic carbocycles. The number of amides is 1. The minimum absolute atomic E-state index is 0.103. The summed E-state index contributed by atoms with van der Waals surface area (Å²) < 4.78 is 4.98. The van der Waals surface area contributed by atoms with Gasteiger partial charge in [-0.3, -0.25) is 4.79 Å². The largest absolute Gasteiger partial charge is 0.495 e. The Morgan fingerprint density at radius 3 is 2.86 bits per heavy atom. The maximum absolute atomic E-state index is 11.3. The summed E-state index contributed by atoms with van der Waals surface area (Å²) in [5.41, 5.74) is 11.7. The molecule has 0 aliphatic rings. The molecular formula is C9H13N3O2. The van der Waals surface area contributed by atoms with Crippen molar-refractivity contribution >= 4 is 11.6 Å². The van der Waals surface area contributed by atoms with Crippen LogP contribution in [-0.2, 0) is 0 Å². The average molecular weight is 195 g/mol. The molecule has 0 aliphatic carbocycles. The van der Waals surface area contributed by atoms with E-state index in [-0.39, 0.29) is 12.6 Å². The number of nitrogens with two attached hydrogens (primary N) is 2. The predicted octanol–water partition coefficient (Wildman–Crippen LogP) is -0.0766. The highest BCUT2D eigenvalue weighted by molar-refractivity contribution is 5.95. The molecule has 0 saturated heterocycles. The Labute approximate surface area is 82.0 Å². The fourth-order valence-electron chi connectivity index (χ4n) is 1.05. The van der Waals surface area contributed by atoms with Crippen LogP contribution in [-0.4, -0.2) is 19.7 Å². The van der Waals surface area contributed by atoms with Gasteiger partial charge in [0.1, 0.15) is 5.75 Å². The monoisotopic (exact) mass is 195 g/mol. The van der Waals surface area contributed by atoms with Gasteiger partial charge in [-0.15, -0.1) is 0 Å². The van der Waals surface area contributed by atoms with E-state index in [1.54, 1.807) is 18.2 Å². The van der Waals surface area contributed by atoms with E-state index >= 15 is 0 Å². The van der Waals surface area contributed by atoms with Crippen LogP contribution in [0.1, 0.15) is 10.4 Å². The van der Waals surface area contributed by atoms with Gasteiger partial charge >= 0.3 is 0 Å². The molecule has 0 unspecified atom stereocenters. The molecule has 5 heteroatoms. The fraction of sp³-hybridized carbons (Fsp3) is 0.222. The van der Waals surface area contributed by atoms with E-state index in [0.717, 1.165) is 0 Å². The maximum atomic E-state index is 11.3. The fourth-order valence-corrected chi connectivity index (χ4v) is 1.05. The second kappa shape index (κ2) is 4.48. The summed E-state index contributed by atoms with van der Waals surface area (Å²) >= 11 is 0. The summed E-state index contributed by atoms with van der Waals surface area (Å²) in [6, 6.07) is 4.80. The number of benzene rings is 1. The Morgan fingerprint density at radius 1 is 1.57 bits per heavy atom. The van der Waals surface area contributed by atoms with E-state index in [0.29, 0.717) is 17.0 Å². The molecule has 0 spiro atoms. The number of carbonyl (C=O) groups excluding carboxylic acids is 1. The molecule has 76 valence electrons. The van der Waals surface area contributed by atoms with Crippen molar-refractivity contribution in [1.29, 1.82) is 0 Å². The Morgan fingerprint density at radius 2 is 2.29 bits per heavy atom. The van der Waals surface area contributed by atoms with Crippen LogP contribution in [0, 0.1) is 0 Å². The van der Waals surface area contributed by atoms with Crippen LogP contribution in [0.25, 0.3) is 0 Å². The van der Waals surface area contributed by atoms with Gasteiger partial charge in [-0.25, -0.2) is 0 Å². The topological polar surface area (TPSA) is 90.4 Å². The second-order valence-electron chi connectivity index (χ2n) is 2.67. The van der Waals surface area contributed by atoms with Gasteiger partial charge in [0.2, 0.25) is 0 Å². The molecule has 1 aromatic rings. The number of hydrogen-bond donors (Lipinski definition) is 3. The van der Waals surface area contributed by atoms with Gasteiger partial charge in [0, 0.05) is 5.56 Å². The first-order chi connectivity index (χ1) is 6.69. The molecule has 0 aliphatic heterocycles. The minimum Gasteiger partial charge on any atom is -0.495 e. The van der Waals surface area contributed by atoms with Crippen LogP contribution in [0.4, 0.5) is 5.69 Å². The van der Waals surface area contributed by atoms with Crippen LogP contribution in [0.2, 0.25) is 0 Å². The first kappa shape index (κ1) is 10.3.